The van der Waals surface area contributed by atoms with Crippen LogP contribution in [0, 0.1) is 0 Å². The summed E-state index contributed by atoms with van der Waals surface area (Å²) in [5, 5.41) is 10.9. The van der Waals surface area contributed by atoms with Crippen molar-refractivity contribution in [3.05, 3.63) is 0 Å². The summed E-state index contributed by atoms with van der Waals surface area (Å²) in [7, 11) is 0. The highest BCUT2D eigenvalue weighted by molar-refractivity contribution is 5.89. The average molecular weight is 260 g/mol. The Balaban J connectivity index is 4.60. The Morgan fingerprint density at radius 2 is 1.78 bits per heavy atom. The van der Waals surface area contributed by atoms with Crippen molar-refractivity contribution in [2.45, 2.75) is 19.4 Å². The van der Waals surface area contributed by atoms with Gasteiger partial charge in [0, 0.05) is 6.54 Å². The van der Waals surface area contributed by atoms with E-state index >= 15 is 0 Å². The van der Waals surface area contributed by atoms with Crippen LogP contribution in [0.3, 0.4) is 0 Å². The van der Waals surface area contributed by atoms with E-state index in [0.29, 0.717) is 0 Å². The molecule has 6 N–H and O–H groups in total. The van der Waals surface area contributed by atoms with Gasteiger partial charge in [-0.1, -0.05) is 0 Å². The van der Waals surface area contributed by atoms with E-state index in [1.165, 1.54) is 0 Å². The number of nitrogens with one attached hydrogen (secondary N) is 1. The largest absolute Gasteiger partial charge is 0.480 e. The van der Waals surface area contributed by atoms with Gasteiger partial charge in [0.05, 0.1) is 6.42 Å². The summed E-state index contributed by atoms with van der Waals surface area (Å²) in [6, 6.07) is -2.23. The number of hydrogen-bond donors (Lipinski definition) is 4. The lowest BCUT2D eigenvalue weighted by atomic mass is 10.2. The number of nitrogens with two attached hydrogens (primary N) is 2. The van der Waals surface area contributed by atoms with Crippen molar-refractivity contribution in [3.8, 4) is 0 Å². The van der Waals surface area contributed by atoms with E-state index in [1.807, 2.05) is 0 Å². The van der Waals surface area contributed by atoms with Crippen LogP contribution in [0.25, 0.3) is 0 Å². The third-order valence-electron chi connectivity index (χ3n) is 2.02. The second-order valence-electron chi connectivity index (χ2n) is 3.49. The van der Waals surface area contributed by atoms with Gasteiger partial charge in [-0.15, -0.1) is 0 Å². The minimum atomic E-state index is -1.43. The van der Waals surface area contributed by atoms with Crippen molar-refractivity contribution in [1.82, 2.24) is 10.2 Å². The molecule has 0 aliphatic heterocycles. The molecule has 102 valence electrons. The summed E-state index contributed by atoms with van der Waals surface area (Å²) >= 11 is 0. The molecule has 0 aromatic carbocycles. The number of carbonyl (C=O) groups excluding carboxylic acids is 3. The third-order valence-corrected chi connectivity index (χ3v) is 2.02. The van der Waals surface area contributed by atoms with Crippen LogP contribution in [0.5, 0.6) is 0 Å². The maximum Gasteiger partial charge on any atom is 0.326 e. The summed E-state index contributed by atoms with van der Waals surface area (Å²) < 4.78 is 0. The monoisotopic (exact) mass is 260 g/mol. The van der Waals surface area contributed by atoms with Gasteiger partial charge in [0.15, 0.2) is 0 Å². The minimum Gasteiger partial charge on any atom is -0.480 e. The van der Waals surface area contributed by atoms with E-state index in [-0.39, 0.29) is 13.1 Å². The average Bonchev–Trinajstić information content (AvgIpc) is 2.23. The van der Waals surface area contributed by atoms with Crippen molar-refractivity contribution in [1.29, 1.82) is 0 Å². The van der Waals surface area contributed by atoms with Gasteiger partial charge in [-0.3, -0.25) is 9.59 Å². The van der Waals surface area contributed by atoms with Gasteiger partial charge in [-0.2, -0.15) is 0 Å². The molecule has 9 nitrogen and oxygen atoms in total. The number of carboxylic acids is 1. The topological polar surface area (TPSA) is 156 Å². The van der Waals surface area contributed by atoms with Crippen LogP contribution < -0.4 is 16.8 Å². The van der Waals surface area contributed by atoms with Crippen molar-refractivity contribution in [2.24, 2.45) is 11.5 Å². The molecule has 18 heavy (non-hydrogen) atoms. The second kappa shape index (κ2) is 7.09. The Morgan fingerprint density at radius 1 is 1.22 bits per heavy atom. The number of rotatable bonds is 7. The number of primary amides is 2. The smallest absolute Gasteiger partial charge is 0.326 e. The number of hydrogen-bond acceptors (Lipinski definition) is 4. The Bertz CT molecular complexity index is 357. The number of nitrogens with zero attached hydrogens (tertiary/aromatic N) is 1. The first kappa shape index (κ1) is 15.7. The van der Waals surface area contributed by atoms with E-state index in [4.69, 9.17) is 16.6 Å². The van der Waals surface area contributed by atoms with E-state index < -0.39 is 36.3 Å². The highest BCUT2D eigenvalue weighted by atomic mass is 16.4. The van der Waals surface area contributed by atoms with Crippen molar-refractivity contribution in [2.75, 3.05) is 13.1 Å². The highest BCUT2D eigenvalue weighted by Gasteiger charge is 2.24. The maximum atomic E-state index is 11.6. The molecule has 0 aromatic rings. The number of likely N-dealkylation sites (N-methyl/N-ethyl adjacent to an activating group) is 1. The van der Waals surface area contributed by atoms with Crippen molar-refractivity contribution in [3.63, 3.8) is 0 Å². The fourth-order valence-electron chi connectivity index (χ4n) is 1.16. The fraction of sp³-hybridized carbons (Fsp3) is 0.556. The lowest BCUT2D eigenvalue weighted by Gasteiger charge is -2.22. The molecule has 0 radical (unpaired) electrons. The number of carbonyl (C=O) groups is 4. The Kier molecular flexibility index (Phi) is 6.18. The molecule has 0 fully saturated rings. The Morgan fingerprint density at radius 3 is 2.11 bits per heavy atom. The summed E-state index contributed by atoms with van der Waals surface area (Å²) in [5.41, 5.74) is 9.78. The van der Waals surface area contributed by atoms with E-state index in [9.17, 15) is 19.2 Å². The van der Waals surface area contributed by atoms with Crippen molar-refractivity contribution >= 4 is 23.8 Å². The summed E-state index contributed by atoms with van der Waals surface area (Å²) in [5.74, 6) is -2.98. The first-order valence-electron chi connectivity index (χ1n) is 5.12. The highest BCUT2D eigenvalue weighted by Crippen LogP contribution is 1.96. The van der Waals surface area contributed by atoms with Crippen LogP contribution in [0.15, 0.2) is 0 Å². The molecule has 0 saturated carbocycles. The molecule has 0 aromatic heterocycles. The summed E-state index contributed by atoms with van der Waals surface area (Å²) in [6.07, 6.45) is -0.533. The van der Waals surface area contributed by atoms with E-state index in [1.54, 1.807) is 6.92 Å². The van der Waals surface area contributed by atoms with Gasteiger partial charge in [-0.05, 0) is 6.92 Å². The summed E-state index contributed by atoms with van der Waals surface area (Å²) in [4.78, 5) is 44.7. The fourth-order valence-corrected chi connectivity index (χ4v) is 1.16. The van der Waals surface area contributed by atoms with Crippen LogP contribution in [0.1, 0.15) is 13.3 Å². The molecular weight excluding hydrogens is 244 g/mol. The van der Waals surface area contributed by atoms with Crippen molar-refractivity contribution < 1.29 is 24.3 Å². The zero-order chi connectivity index (χ0) is 14.3. The predicted molar refractivity (Wildman–Crippen MR) is 60.2 cm³/mol. The number of urea groups is 1. The van der Waals surface area contributed by atoms with Gasteiger partial charge in [0.1, 0.15) is 12.6 Å². The Hall–Kier alpha value is -2.32. The molecule has 1 atom stereocenters. The van der Waals surface area contributed by atoms with Gasteiger partial charge in [0.2, 0.25) is 11.8 Å². The number of amides is 4. The van der Waals surface area contributed by atoms with Crippen LogP contribution in [0.4, 0.5) is 4.79 Å². The van der Waals surface area contributed by atoms with Gasteiger partial charge in [0.25, 0.3) is 0 Å². The first-order chi connectivity index (χ1) is 8.27. The van der Waals surface area contributed by atoms with Gasteiger partial charge >= 0.3 is 12.0 Å². The predicted octanol–water partition coefficient (Wildman–Crippen LogP) is -2.17. The lowest BCUT2D eigenvalue weighted by molar-refractivity contribution is -0.140. The first-order valence-corrected chi connectivity index (χ1v) is 5.12. The Labute approximate surface area is 103 Å². The molecule has 0 heterocycles. The molecule has 0 aliphatic carbocycles. The minimum absolute atomic E-state index is 0.164. The van der Waals surface area contributed by atoms with Gasteiger partial charge < -0.3 is 26.8 Å². The molecule has 0 aliphatic rings. The molecule has 0 bridgehead atoms. The SMILES string of the molecule is CCN(CC(N)=O)C(=O)NC(CC(N)=O)C(=O)O. The van der Waals surface area contributed by atoms with Crippen LogP contribution in [0.2, 0.25) is 0 Å². The molecule has 1 unspecified atom stereocenters. The molecule has 9 heteroatoms. The standard InChI is InChI=1S/C9H16N4O5/c1-2-13(4-7(11)15)9(18)12-5(8(16)17)3-6(10)14/h5H,2-4H2,1H3,(H2,10,14)(H2,11,15)(H,12,18)(H,16,17). The maximum absolute atomic E-state index is 11.6. The quantitative estimate of drug-likeness (QED) is 0.410. The normalized spacial score (nSPS) is 11.4. The molecule has 4 amide bonds. The van der Waals surface area contributed by atoms with Gasteiger partial charge in [-0.25, -0.2) is 9.59 Å². The molecule has 0 spiro atoms. The number of aliphatic carboxylic acids is 1. The second-order valence-corrected chi connectivity index (χ2v) is 3.49. The van der Waals surface area contributed by atoms with E-state index in [2.05, 4.69) is 5.32 Å². The zero-order valence-corrected chi connectivity index (χ0v) is 9.88. The third kappa shape index (κ3) is 5.68. The molecule has 0 saturated heterocycles. The molecular formula is C9H16N4O5. The lowest BCUT2D eigenvalue weighted by Crippen LogP contribution is -2.51. The molecule has 0 rings (SSSR count). The van der Waals surface area contributed by atoms with Crippen LogP contribution >= 0.6 is 0 Å². The zero-order valence-electron chi connectivity index (χ0n) is 9.88. The van der Waals surface area contributed by atoms with Crippen LogP contribution in [-0.4, -0.2) is 53.0 Å². The van der Waals surface area contributed by atoms with E-state index in [0.717, 1.165) is 4.90 Å². The summed E-state index contributed by atoms with van der Waals surface area (Å²) in [6.45, 7) is 1.41. The number of carboxylic acid groups (broad SMARTS) is 1. The van der Waals surface area contributed by atoms with Crippen LogP contribution in [-0.2, 0) is 14.4 Å².